The second kappa shape index (κ2) is 6.33. The van der Waals surface area contributed by atoms with Crippen LogP contribution in [-0.4, -0.2) is 43.9 Å². The number of benzene rings is 1. The van der Waals surface area contributed by atoms with Crippen LogP contribution < -0.4 is 15.2 Å². The molecule has 1 aromatic carbocycles. The van der Waals surface area contributed by atoms with Crippen molar-refractivity contribution in [3.05, 3.63) is 17.7 Å². The predicted octanol–water partition coefficient (Wildman–Crippen LogP) is 1.75. The Balaban J connectivity index is 2.33. The minimum Gasteiger partial charge on any atom is -0.504 e. The molecule has 1 aliphatic heterocycles. The zero-order chi connectivity index (χ0) is 14.7. The van der Waals surface area contributed by atoms with Crippen LogP contribution in [0.5, 0.6) is 17.2 Å². The van der Waals surface area contributed by atoms with Gasteiger partial charge in [-0.15, -0.1) is 0 Å². The Kier molecular flexibility index (Phi) is 4.73. The number of likely N-dealkylation sites (tertiary alicyclic amines) is 1. The summed E-state index contributed by atoms with van der Waals surface area (Å²) in [6, 6.07) is 3.99. The summed E-state index contributed by atoms with van der Waals surface area (Å²) in [4.78, 5) is 2.27. The second-order valence-corrected chi connectivity index (χ2v) is 5.30. The summed E-state index contributed by atoms with van der Waals surface area (Å²) in [6.07, 6.45) is 1.00. The molecular weight excluding hydrogens is 256 g/mol. The third kappa shape index (κ3) is 2.83. The molecular formula is C15H24N2O3. The predicted molar refractivity (Wildman–Crippen MR) is 78.4 cm³/mol. The zero-order valence-corrected chi connectivity index (χ0v) is 12.4. The maximum Gasteiger partial charge on any atom is 0.203 e. The molecule has 112 valence electrons. The van der Waals surface area contributed by atoms with E-state index in [1.807, 2.05) is 13.0 Å². The Hall–Kier alpha value is -1.46. The van der Waals surface area contributed by atoms with E-state index in [0.29, 0.717) is 30.6 Å². The molecule has 2 rings (SSSR count). The maximum atomic E-state index is 10.1. The summed E-state index contributed by atoms with van der Waals surface area (Å²) in [7, 11) is 3.62. The summed E-state index contributed by atoms with van der Waals surface area (Å²) < 4.78 is 10.8. The van der Waals surface area contributed by atoms with E-state index in [1.165, 1.54) is 7.11 Å². The molecule has 1 aromatic rings. The normalized spacial score (nSPS) is 23.0. The van der Waals surface area contributed by atoms with Crippen molar-refractivity contribution in [3.8, 4) is 17.2 Å². The smallest absolute Gasteiger partial charge is 0.203 e. The molecule has 0 bridgehead atoms. The third-order valence-electron chi connectivity index (χ3n) is 3.91. The number of phenols is 1. The Morgan fingerprint density at radius 1 is 1.45 bits per heavy atom. The van der Waals surface area contributed by atoms with E-state index in [1.54, 1.807) is 6.07 Å². The van der Waals surface area contributed by atoms with Gasteiger partial charge in [0.25, 0.3) is 0 Å². The average molecular weight is 280 g/mol. The molecule has 3 N–H and O–H groups in total. The molecule has 5 heteroatoms. The van der Waals surface area contributed by atoms with Gasteiger partial charge in [0.1, 0.15) is 0 Å². The molecule has 0 spiro atoms. The van der Waals surface area contributed by atoms with Crippen LogP contribution in [0.2, 0.25) is 0 Å². The van der Waals surface area contributed by atoms with Crippen LogP contribution in [0.1, 0.15) is 24.9 Å². The van der Waals surface area contributed by atoms with Crippen molar-refractivity contribution in [3.63, 3.8) is 0 Å². The van der Waals surface area contributed by atoms with E-state index in [-0.39, 0.29) is 11.8 Å². The van der Waals surface area contributed by atoms with Gasteiger partial charge in [0.2, 0.25) is 5.75 Å². The molecule has 20 heavy (non-hydrogen) atoms. The van der Waals surface area contributed by atoms with Gasteiger partial charge in [-0.05, 0) is 50.6 Å². The average Bonchev–Trinajstić information content (AvgIpc) is 2.80. The van der Waals surface area contributed by atoms with Crippen LogP contribution in [0.15, 0.2) is 12.1 Å². The van der Waals surface area contributed by atoms with Crippen molar-refractivity contribution in [1.29, 1.82) is 0 Å². The molecule has 0 amide bonds. The summed E-state index contributed by atoms with van der Waals surface area (Å²) in [5.74, 6) is 1.61. The Morgan fingerprint density at radius 2 is 2.20 bits per heavy atom. The van der Waals surface area contributed by atoms with Crippen molar-refractivity contribution in [1.82, 2.24) is 4.90 Å². The standard InChI is InChI=1S/C15H24N2O3/c1-4-20-14-7-11(6-13(18)15(14)19-3)12-5-10(8-16)9-17(12)2/h6-7,10,12,18H,4-5,8-9,16H2,1-3H3. The van der Waals surface area contributed by atoms with Gasteiger partial charge >= 0.3 is 0 Å². The van der Waals surface area contributed by atoms with Gasteiger partial charge in [0.15, 0.2) is 11.5 Å². The van der Waals surface area contributed by atoms with Gasteiger partial charge in [-0.3, -0.25) is 4.90 Å². The van der Waals surface area contributed by atoms with Gasteiger partial charge in [-0.2, -0.15) is 0 Å². The van der Waals surface area contributed by atoms with Crippen molar-refractivity contribution in [2.45, 2.75) is 19.4 Å². The number of methoxy groups -OCH3 is 1. The van der Waals surface area contributed by atoms with Gasteiger partial charge < -0.3 is 20.3 Å². The summed E-state index contributed by atoms with van der Waals surface area (Å²) >= 11 is 0. The molecule has 0 aliphatic carbocycles. The molecule has 2 atom stereocenters. The highest BCUT2D eigenvalue weighted by molar-refractivity contribution is 5.53. The molecule has 1 heterocycles. The van der Waals surface area contributed by atoms with E-state index in [0.717, 1.165) is 18.5 Å². The molecule has 5 nitrogen and oxygen atoms in total. The largest absolute Gasteiger partial charge is 0.504 e. The van der Waals surface area contributed by atoms with Crippen molar-refractivity contribution >= 4 is 0 Å². The topological polar surface area (TPSA) is 68.0 Å². The minimum absolute atomic E-state index is 0.123. The molecule has 2 unspecified atom stereocenters. The van der Waals surface area contributed by atoms with Crippen molar-refractivity contribution < 1.29 is 14.6 Å². The minimum atomic E-state index is 0.123. The number of nitrogens with two attached hydrogens (primary N) is 1. The summed E-state index contributed by atoms with van der Waals surface area (Å²) in [5, 5.41) is 10.1. The summed E-state index contributed by atoms with van der Waals surface area (Å²) in [5.41, 5.74) is 6.82. The van der Waals surface area contributed by atoms with Crippen LogP contribution in [0.4, 0.5) is 0 Å². The fourth-order valence-corrected chi connectivity index (χ4v) is 2.93. The Morgan fingerprint density at radius 3 is 2.75 bits per heavy atom. The second-order valence-electron chi connectivity index (χ2n) is 5.30. The number of hydrogen-bond donors (Lipinski definition) is 2. The highest BCUT2D eigenvalue weighted by atomic mass is 16.5. The monoisotopic (exact) mass is 280 g/mol. The number of aromatic hydroxyl groups is 1. The van der Waals surface area contributed by atoms with Crippen LogP contribution in [-0.2, 0) is 0 Å². The third-order valence-corrected chi connectivity index (χ3v) is 3.91. The molecule has 1 saturated heterocycles. The van der Waals surface area contributed by atoms with E-state index in [9.17, 15) is 5.11 Å². The van der Waals surface area contributed by atoms with E-state index in [2.05, 4.69) is 11.9 Å². The first-order valence-electron chi connectivity index (χ1n) is 7.04. The number of phenolic OH excluding ortho intramolecular Hbond substituents is 1. The number of nitrogens with zero attached hydrogens (tertiary/aromatic N) is 1. The van der Waals surface area contributed by atoms with Crippen LogP contribution in [0.3, 0.4) is 0 Å². The molecule has 1 aliphatic rings. The lowest BCUT2D eigenvalue weighted by molar-refractivity contribution is 0.291. The number of ether oxygens (including phenoxy) is 2. The molecule has 0 radical (unpaired) electrons. The SMILES string of the molecule is CCOc1cc(C2CC(CN)CN2C)cc(O)c1OC. The van der Waals surface area contributed by atoms with Gasteiger partial charge in [0.05, 0.1) is 13.7 Å². The lowest BCUT2D eigenvalue weighted by Crippen LogP contribution is -2.20. The van der Waals surface area contributed by atoms with Crippen LogP contribution in [0, 0.1) is 5.92 Å². The molecule has 1 fully saturated rings. The van der Waals surface area contributed by atoms with Crippen molar-refractivity contribution in [2.75, 3.05) is 33.9 Å². The highest BCUT2D eigenvalue weighted by Crippen LogP contribution is 2.42. The van der Waals surface area contributed by atoms with E-state index >= 15 is 0 Å². The Labute approximate surface area is 120 Å². The first-order valence-corrected chi connectivity index (χ1v) is 7.04. The van der Waals surface area contributed by atoms with Crippen molar-refractivity contribution in [2.24, 2.45) is 11.7 Å². The fraction of sp³-hybridized carbons (Fsp3) is 0.600. The van der Waals surface area contributed by atoms with Gasteiger partial charge in [-0.1, -0.05) is 0 Å². The lowest BCUT2D eigenvalue weighted by Gasteiger charge is -2.21. The fourth-order valence-electron chi connectivity index (χ4n) is 2.93. The van der Waals surface area contributed by atoms with Gasteiger partial charge in [-0.25, -0.2) is 0 Å². The lowest BCUT2D eigenvalue weighted by atomic mass is 9.99. The highest BCUT2D eigenvalue weighted by Gasteiger charge is 2.31. The van der Waals surface area contributed by atoms with Crippen LogP contribution >= 0.6 is 0 Å². The van der Waals surface area contributed by atoms with E-state index < -0.39 is 0 Å². The first kappa shape index (κ1) is 14.9. The summed E-state index contributed by atoms with van der Waals surface area (Å²) in [6.45, 7) is 4.12. The maximum absolute atomic E-state index is 10.1. The van der Waals surface area contributed by atoms with E-state index in [4.69, 9.17) is 15.2 Å². The molecule has 0 saturated carbocycles. The molecule has 0 aromatic heterocycles. The number of rotatable bonds is 5. The number of hydrogen-bond acceptors (Lipinski definition) is 5. The Bertz CT molecular complexity index is 465. The van der Waals surface area contributed by atoms with Gasteiger partial charge in [0, 0.05) is 12.6 Å². The van der Waals surface area contributed by atoms with Crippen LogP contribution in [0.25, 0.3) is 0 Å². The quantitative estimate of drug-likeness (QED) is 0.860. The zero-order valence-electron chi connectivity index (χ0n) is 12.4. The first-order chi connectivity index (χ1) is 9.60.